The van der Waals surface area contributed by atoms with Gasteiger partial charge in [0.1, 0.15) is 5.75 Å². The van der Waals surface area contributed by atoms with Gasteiger partial charge < -0.3 is 15.0 Å². The highest BCUT2D eigenvalue weighted by molar-refractivity contribution is 9.10. The van der Waals surface area contributed by atoms with Crippen LogP contribution in [0.3, 0.4) is 0 Å². The normalized spacial score (nSPS) is 10.2. The maximum absolute atomic E-state index is 12.7. The topological polar surface area (TPSA) is 70.7 Å². The van der Waals surface area contributed by atoms with Gasteiger partial charge in [0.2, 0.25) is 0 Å². The van der Waals surface area contributed by atoms with Crippen LogP contribution in [0.25, 0.3) is 0 Å². The standard InChI is InChI=1S/C23H20BrN3O3S/c1-27(18-6-4-3-5-7-18)22(29)15-8-11-17(12-9-15)25-23(31)26-21(28)16-10-13-20(30-2)19(24)14-16/h3-14H,1-2H3,(H2,25,26,28,31). The number of nitrogens with one attached hydrogen (secondary N) is 2. The van der Waals surface area contributed by atoms with Crippen molar-refractivity contribution in [1.82, 2.24) is 5.32 Å². The number of para-hydroxylation sites is 1. The fraction of sp³-hybridized carbons (Fsp3) is 0.0870. The van der Waals surface area contributed by atoms with Crippen molar-refractivity contribution < 1.29 is 14.3 Å². The van der Waals surface area contributed by atoms with E-state index in [1.54, 1.807) is 61.5 Å². The predicted molar refractivity (Wildman–Crippen MR) is 130 cm³/mol. The second kappa shape index (κ2) is 10.2. The zero-order valence-electron chi connectivity index (χ0n) is 16.9. The second-order valence-electron chi connectivity index (χ2n) is 6.53. The van der Waals surface area contributed by atoms with E-state index in [2.05, 4.69) is 26.6 Å². The molecule has 0 saturated heterocycles. The number of hydrogen-bond acceptors (Lipinski definition) is 4. The van der Waals surface area contributed by atoms with Gasteiger partial charge in [-0.3, -0.25) is 14.9 Å². The molecule has 0 aliphatic rings. The maximum atomic E-state index is 12.7. The number of thiocarbonyl (C=S) groups is 1. The van der Waals surface area contributed by atoms with Crippen LogP contribution in [0.15, 0.2) is 77.3 Å². The van der Waals surface area contributed by atoms with Crippen LogP contribution < -0.4 is 20.3 Å². The average Bonchev–Trinajstić information content (AvgIpc) is 2.79. The zero-order valence-corrected chi connectivity index (χ0v) is 19.3. The molecule has 0 atom stereocenters. The van der Waals surface area contributed by atoms with Crippen molar-refractivity contribution in [3.63, 3.8) is 0 Å². The molecule has 158 valence electrons. The van der Waals surface area contributed by atoms with Crippen LogP contribution in [0, 0.1) is 0 Å². The molecule has 8 heteroatoms. The van der Waals surface area contributed by atoms with Crippen molar-refractivity contribution in [3.05, 3.63) is 88.4 Å². The van der Waals surface area contributed by atoms with Crippen LogP contribution in [-0.4, -0.2) is 31.1 Å². The molecule has 0 aromatic heterocycles. The summed E-state index contributed by atoms with van der Waals surface area (Å²) in [5.74, 6) is 0.153. The number of carbonyl (C=O) groups excluding carboxylic acids is 2. The van der Waals surface area contributed by atoms with Crippen molar-refractivity contribution in [2.75, 3.05) is 24.4 Å². The summed E-state index contributed by atoms with van der Waals surface area (Å²) in [6, 6.07) is 21.3. The number of anilines is 2. The highest BCUT2D eigenvalue weighted by Crippen LogP contribution is 2.25. The molecule has 0 aliphatic carbocycles. The van der Waals surface area contributed by atoms with Gasteiger partial charge in [0.05, 0.1) is 11.6 Å². The third-order valence-corrected chi connectivity index (χ3v) is 5.30. The molecule has 31 heavy (non-hydrogen) atoms. The lowest BCUT2D eigenvalue weighted by Crippen LogP contribution is -2.34. The van der Waals surface area contributed by atoms with Crippen molar-refractivity contribution >= 4 is 56.4 Å². The van der Waals surface area contributed by atoms with E-state index in [1.165, 1.54) is 0 Å². The lowest BCUT2D eigenvalue weighted by atomic mass is 10.1. The summed E-state index contributed by atoms with van der Waals surface area (Å²) in [4.78, 5) is 26.6. The van der Waals surface area contributed by atoms with Crippen LogP contribution in [0.4, 0.5) is 11.4 Å². The quantitative estimate of drug-likeness (QED) is 0.492. The molecular formula is C23H20BrN3O3S. The number of hydrogen-bond donors (Lipinski definition) is 2. The highest BCUT2D eigenvalue weighted by Gasteiger charge is 2.14. The molecule has 0 unspecified atom stereocenters. The van der Waals surface area contributed by atoms with E-state index in [4.69, 9.17) is 17.0 Å². The summed E-state index contributed by atoms with van der Waals surface area (Å²) in [6.45, 7) is 0. The Morgan fingerprint density at radius 1 is 0.968 bits per heavy atom. The van der Waals surface area contributed by atoms with E-state index < -0.39 is 0 Å². The Morgan fingerprint density at radius 2 is 1.61 bits per heavy atom. The van der Waals surface area contributed by atoms with E-state index in [1.807, 2.05) is 30.3 Å². The van der Waals surface area contributed by atoms with Crippen LogP contribution in [0.1, 0.15) is 20.7 Å². The third-order valence-electron chi connectivity index (χ3n) is 4.48. The Kier molecular flexibility index (Phi) is 7.38. The molecule has 0 bridgehead atoms. The molecule has 3 aromatic rings. The van der Waals surface area contributed by atoms with Gasteiger partial charge in [0.15, 0.2) is 5.11 Å². The van der Waals surface area contributed by atoms with E-state index in [9.17, 15) is 9.59 Å². The van der Waals surface area contributed by atoms with Gasteiger partial charge in [-0.2, -0.15) is 0 Å². The van der Waals surface area contributed by atoms with Crippen molar-refractivity contribution in [1.29, 1.82) is 0 Å². The fourth-order valence-corrected chi connectivity index (χ4v) is 3.56. The number of nitrogens with zero attached hydrogens (tertiary/aromatic N) is 1. The van der Waals surface area contributed by atoms with Gasteiger partial charge in [-0.15, -0.1) is 0 Å². The van der Waals surface area contributed by atoms with Crippen LogP contribution >= 0.6 is 28.1 Å². The number of ether oxygens (including phenoxy) is 1. The highest BCUT2D eigenvalue weighted by atomic mass is 79.9. The smallest absolute Gasteiger partial charge is 0.258 e. The van der Waals surface area contributed by atoms with Crippen molar-refractivity contribution in [2.24, 2.45) is 0 Å². The number of amides is 2. The summed E-state index contributed by atoms with van der Waals surface area (Å²) in [5, 5.41) is 5.73. The Balaban J connectivity index is 1.60. The van der Waals surface area contributed by atoms with Gasteiger partial charge >= 0.3 is 0 Å². The largest absolute Gasteiger partial charge is 0.496 e. The minimum atomic E-state index is -0.350. The fourth-order valence-electron chi connectivity index (χ4n) is 2.80. The second-order valence-corrected chi connectivity index (χ2v) is 7.80. The van der Waals surface area contributed by atoms with Crippen LogP contribution in [-0.2, 0) is 0 Å². The zero-order chi connectivity index (χ0) is 22.4. The number of benzene rings is 3. The molecule has 0 heterocycles. The SMILES string of the molecule is COc1ccc(C(=O)NC(=S)Nc2ccc(C(=O)N(C)c3ccccc3)cc2)cc1Br. The summed E-state index contributed by atoms with van der Waals surface area (Å²) in [5.41, 5.74) is 2.43. The molecule has 3 aromatic carbocycles. The number of methoxy groups -OCH3 is 1. The van der Waals surface area contributed by atoms with Gasteiger partial charge in [-0.05, 0) is 82.7 Å². The van der Waals surface area contributed by atoms with E-state index >= 15 is 0 Å². The summed E-state index contributed by atoms with van der Waals surface area (Å²) < 4.78 is 5.83. The molecule has 0 radical (unpaired) electrons. The van der Waals surface area contributed by atoms with E-state index in [-0.39, 0.29) is 16.9 Å². The van der Waals surface area contributed by atoms with Crippen molar-refractivity contribution in [2.45, 2.75) is 0 Å². The lowest BCUT2D eigenvalue weighted by Gasteiger charge is -2.17. The summed E-state index contributed by atoms with van der Waals surface area (Å²) >= 11 is 8.58. The van der Waals surface area contributed by atoms with Crippen LogP contribution in [0.5, 0.6) is 5.75 Å². The molecule has 2 amide bonds. The molecule has 0 fully saturated rings. The van der Waals surface area contributed by atoms with Gasteiger partial charge in [-0.25, -0.2) is 0 Å². The Bertz CT molecular complexity index is 1100. The number of carbonyl (C=O) groups is 2. The Labute approximate surface area is 194 Å². The van der Waals surface area contributed by atoms with Crippen LogP contribution in [0.2, 0.25) is 0 Å². The van der Waals surface area contributed by atoms with Gasteiger partial charge in [0, 0.05) is 29.5 Å². The number of rotatable bonds is 5. The first-order valence-corrected chi connectivity index (χ1v) is 10.5. The molecule has 0 saturated carbocycles. The van der Waals surface area contributed by atoms with E-state index in [0.29, 0.717) is 27.0 Å². The minimum Gasteiger partial charge on any atom is -0.496 e. The minimum absolute atomic E-state index is 0.126. The van der Waals surface area contributed by atoms with Gasteiger partial charge in [-0.1, -0.05) is 18.2 Å². The predicted octanol–water partition coefficient (Wildman–Crippen LogP) is 4.86. The number of halogens is 1. The average molecular weight is 498 g/mol. The summed E-state index contributed by atoms with van der Waals surface area (Å²) in [7, 11) is 3.28. The molecule has 0 spiro atoms. The Morgan fingerprint density at radius 3 is 2.23 bits per heavy atom. The third kappa shape index (κ3) is 5.68. The first-order chi connectivity index (χ1) is 14.9. The summed E-state index contributed by atoms with van der Waals surface area (Å²) in [6.07, 6.45) is 0. The van der Waals surface area contributed by atoms with E-state index in [0.717, 1.165) is 5.69 Å². The monoisotopic (exact) mass is 497 g/mol. The first kappa shape index (κ1) is 22.5. The molecular weight excluding hydrogens is 478 g/mol. The Hall–Kier alpha value is -3.23. The molecule has 3 rings (SSSR count). The molecule has 2 N–H and O–H groups in total. The molecule has 6 nitrogen and oxygen atoms in total. The van der Waals surface area contributed by atoms with Crippen molar-refractivity contribution in [3.8, 4) is 5.75 Å². The maximum Gasteiger partial charge on any atom is 0.258 e. The first-order valence-electron chi connectivity index (χ1n) is 9.28. The lowest BCUT2D eigenvalue weighted by molar-refractivity contribution is 0.0974. The van der Waals surface area contributed by atoms with Gasteiger partial charge in [0.25, 0.3) is 11.8 Å². The molecule has 0 aliphatic heterocycles.